The summed E-state index contributed by atoms with van der Waals surface area (Å²) >= 11 is 0. The van der Waals surface area contributed by atoms with Gasteiger partial charge in [0.25, 0.3) is 0 Å². The number of nitrogens with one attached hydrogen (secondary N) is 2. The number of rotatable bonds is 6. The van der Waals surface area contributed by atoms with Gasteiger partial charge in [-0.3, -0.25) is 4.79 Å². The lowest BCUT2D eigenvalue weighted by Crippen LogP contribution is -2.28. The molecule has 0 spiro atoms. The van der Waals surface area contributed by atoms with Gasteiger partial charge in [-0.2, -0.15) is 0 Å². The van der Waals surface area contributed by atoms with Gasteiger partial charge in [0.05, 0.1) is 0 Å². The number of hydrogen-bond acceptors (Lipinski definition) is 2. The van der Waals surface area contributed by atoms with E-state index in [1.165, 1.54) is 24.0 Å². The molecule has 3 nitrogen and oxygen atoms in total. The molecule has 0 bridgehead atoms. The number of carbonyl (C=O) groups excluding carboxylic acids is 1. The summed E-state index contributed by atoms with van der Waals surface area (Å²) in [6, 6.07) is 18.5. The quantitative estimate of drug-likeness (QED) is 0.802. The third-order valence-corrected chi connectivity index (χ3v) is 4.77. The van der Waals surface area contributed by atoms with Crippen molar-refractivity contribution in [2.75, 3.05) is 18.4 Å². The topological polar surface area (TPSA) is 41.1 Å². The van der Waals surface area contributed by atoms with Crippen LogP contribution in [0.2, 0.25) is 0 Å². The number of amides is 1. The molecule has 0 atom stereocenters. The van der Waals surface area contributed by atoms with Crippen LogP contribution in [0.5, 0.6) is 0 Å². The first-order valence-electron chi connectivity index (χ1n) is 8.93. The van der Waals surface area contributed by atoms with Gasteiger partial charge in [0.15, 0.2) is 0 Å². The minimum atomic E-state index is 0. The maximum absolute atomic E-state index is 12.3. The Bertz CT molecular complexity index is 654. The van der Waals surface area contributed by atoms with Gasteiger partial charge in [-0.15, -0.1) is 12.4 Å². The third kappa shape index (κ3) is 6.18. The van der Waals surface area contributed by atoms with Crippen molar-refractivity contribution in [3.63, 3.8) is 0 Å². The average molecular weight is 359 g/mol. The SMILES string of the molecule is Cl.O=C(CCC1CCNCC1)Nc1ccccc1Cc1ccccc1. The fraction of sp³-hybridized carbons (Fsp3) is 0.381. The summed E-state index contributed by atoms with van der Waals surface area (Å²) in [5.41, 5.74) is 3.37. The highest BCUT2D eigenvalue weighted by Gasteiger charge is 2.15. The molecule has 1 aliphatic heterocycles. The Morgan fingerprint density at radius 2 is 1.68 bits per heavy atom. The number of anilines is 1. The fourth-order valence-electron chi connectivity index (χ4n) is 3.33. The van der Waals surface area contributed by atoms with Crippen LogP contribution >= 0.6 is 12.4 Å². The smallest absolute Gasteiger partial charge is 0.224 e. The minimum absolute atomic E-state index is 0. The van der Waals surface area contributed by atoms with Gasteiger partial charge >= 0.3 is 0 Å². The summed E-state index contributed by atoms with van der Waals surface area (Å²) < 4.78 is 0. The summed E-state index contributed by atoms with van der Waals surface area (Å²) in [5.74, 6) is 0.825. The summed E-state index contributed by atoms with van der Waals surface area (Å²) in [7, 11) is 0. The van der Waals surface area contributed by atoms with E-state index in [4.69, 9.17) is 0 Å². The van der Waals surface area contributed by atoms with Crippen LogP contribution in [0.4, 0.5) is 5.69 Å². The molecule has 0 aliphatic carbocycles. The predicted molar refractivity (Wildman–Crippen MR) is 106 cm³/mol. The molecule has 0 saturated carbocycles. The lowest BCUT2D eigenvalue weighted by atomic mass is 9.93. The number of carbonyl (C=O) groups is 1. The summed E-state index contributed by atoms with van der Waals surface area (Å²) in [6.45, 7) is 2.18. The van der Waals surface area contributed by atoms with Crippen molar-refractivity contribution in [1.29, 1.82) is 0 Å². The lowest BCUT2D eigenvalue weighted by molar-refractivity contribution is -0.116. The van der Waals surface area contributed by atoms with E-state index in [1.807, 2.05) is 24.3 Å². The molecule has 1 fully saturated rings. The maximum Gasteiger partial charge on any atom is 0.224 e. The molecule has 2 aromatic carbocycles. The molecule has 3 rings (SSSR count). The molecule has 4 heteroatoms. The number of halogens is 1. The second-order valence-corrected chi connectivity index (χ2v) is 6.60. The molecule has 1 heterocycles. The Labute approximate surface area is 156 Å². The van der Waals surface area contributed by atoms with Crippen molar-refractivity contribution in [1.82, 2.24) is 5.32 Å². The Balaban J connectivity index is 0.00000225. The zero-order valence-electron chi connectivity index (χ0n) is 14.5. The van der Waals surface area contributed by atoms with Crippen LogP contribution in [0.3, 0.4) is 0 Å². The van der Waals surface area contributed by atoms with E-state index >= 15 is 0 Å². The first-order chi connectivity index (χ1) is 11.8. The minimum Gasteiger partial charge on any atom is -0.326 e. The fourth-order valence-corrected chi connectivity index (χ4v) is 3.33. The first kappa shape index (κ1) is 19.5. The lowest BCUT2D eigenvalue weighted by Gasteiger charge is -2.22. The maximum atomic E-state index is 12.3. The Hall–Kier alpha value is -1.84. The van der Waals surface area contributed by atoms with Gasteiger partial charge < -0.3 is 10.6 Å². The van der Waals surface area contributed by atoms with E-state index in [1.54, 1.807) is 0 Å². The molecule has 1 aliphatic rings. The molecule has 25 heavy (non-hydrogen) atoms. The molecule has 1 saturated heterocycles. The largest absolute Gasteiger partial charge is 0.326 e. The van der Waals surface area contributed by atoms with E-state index in [0.717, 1.165) is 31.6 Å². The standard InChI is InChI=1S/C21H26N2O.ClH/c24-21(11-10-17-12-14-22-15-13-17)23-20-9-5-4-8-19(20)16-18-6-2-1-3-7-18;/h1-9,17,22H,10-16H2,(H,23,24);1H. The van der Waals surface area contributed by atoms with Gasteiger partial charge in [-0.05, 0) is 61.9 Å². The van der Waals surface area contributed by atoms with Crippen LogP contribution in [0, 0.1) is 5.92 Å². The van der Waals surface area contributed by atoms with Crippen molar-refractivity contribution in [3.05, 3.63) is 65.7 Å². The molecule has 2 N–H and O–H groups in total. The molecular weight excluding hydrogens is 332 g/mol. The summed E-state index contributed by atoms with van der Waals surface area (Å²) in [5, 5.41) is 6.49. The number of para-hydroxylation sites is 1. The van der Waals surface area contributed by atoms with Crippen LogP contribution in [0.15, 0.2) is 54.6 Å². The molecule has 1 amide bonds. The highest BCUT2D eigenvalue weighted by molar-refractivity contribution is 5.91. The second-order valence-electron chi connectivity index (χ2n) is 6.60. The Morgan fingerprint density at radius 3 is 2.44 bits per heavy atom. The Kier molecular flexibility index (Phi) is 7.96. The molecule has 0 aromatic heterocycles. The van der Waals surface area contributed by atoms with Crippen molar-refractivity contribution in [3.8, 4) is 0 Å². The van der Waals surface area contributed by atoms with Crippen molar-refractivity contribution >= 4 is 24.0 Å². The summed E-state index contributed by atoms with van der Waals surface area (Å²) in [6.07, 6.45) is 4.83. The highest BCUT2D eigenvalue weighted by Crippen LogP contribution is 2.21. The zero-order valence-corrected chi connectivity index (χ0v) is 15.4. The van der Waals surface area contributed by atoms with Gasteiger partial charge in [0.2, 0.25) is 5.91 Å². The predicted octanol–water partition coefficient (Wildman–Crippen LogP) is 4.42. The van der Waals surface area contributed by atoms with E-state index in [0.29, 0.717) is 12.3 Å². The van der Waals surface area contributed by atoms with Crippen LogP contribution in [0.1, 0.15) is 36.8 Å². The van der Waals surface area contributed by atoms with Gasteiger partial charge in [0, 0.05) is 12.1 Å². The monoisotopic (exact) mass is 358 g/mol. The number of benzene rings is 2. The van der Waals surface area contributed by atoms with Crippen LogP contribution < -0.4 is 10.6 Å². The van der Waals surface area contributed by atoms with Crippen LogP contribution in [0.25, 0.3) is 0 Å². The van der Waals surface area contributed by atoms with Crippen molar-refractivity contribution < 1.29 is 4.79 Å². The molecule has 2 aromatic rings. The Morgan fingerprint density at radius 1 is 1.00 bits per heavy atom. The van der Waals surface area contributed by atoms with Gasteiger partial charge in [-0.25, -0.2) is 0 Å². The van der Waals surface area contributed by atoms with Crippen molar-refractivity contribution in [2.45, 2.75) is 32.1 Å². The second kappa shape index (κ2) is 10.2. The van der Waals surface area contributed by atoms with E-state index < -0.39 is 0 Å². The average Bonchev–Trinajstić information content (AvgIpc) is 2.63. The van der Waals surface area contributed by atoms with Crippen LogP contribution in [-0.4, -0.2) is 19.0 Å². The molecule has 134 valence electrons. The molecule has 0 radical (unpaired) electrons. The third-order valence-electron chi connectivity index (χ3n) is 4.77. The van der Waals surface area contributed by atoms with E-state index in [2.05, 4.69) is 41.0 Å². The first-order valence-corrected chi connectivity index (χ1v) is 8.93. The summed E-state index contributed by atoms with van der Waals surface area (Å²) in [4.78, 5) is 12.3. The number of piperidine rings is 1. The molecular formula is C21H27ClN2O. The van der Waals surface area contributed by atoms with E-state index in [9.17, 15) is 4.79 Å². The number of hydrogen-bond donors (Lipinski definition) is 2. The highest BCUT2D eigenvalue weighted by atomic mass is 35.5. The van der Waals surface area contributed by atoms with Gasteiger partial charge in [0.1, 0.15) is 0 Å². The van der Waals surface area contributed by atoms with Gasteiger partial charge in [-0.1, -0.05) is 48.5 Å². The molecule has 0 unspecified atom stereocenters. The normalized spacial score (nSPS) is 14.6. The van der Waals surface area contributed by atoms with Crippen LogP contribution in [-0.2, 0) is 11.2 Å². The van der Waals surface area contributed by atoms with Crippen molar-refractivity contribution in [2.24, 2.45) is 5.92 Å². The zero-order chi connectivity index (χ0) is 16.6. The van der Waals surface area contributed by atoms with E-state index in [-0.39, 0.29) is 18.3 Å².